The van der Waals surface area contributed by atoms with Gasteiger partial charge in [0.15, 0.2) is 0 Å². The van der Waals surface area contributed by atoms with Gasteiger partial charge < -0.3 is 14.6 Å². The van der Waals surface area contributed by atoms with E-state index >= 15 is 0 Å². The van der Waals surface area contributed by atoms with Crippen molar-refractivity contribution < 1.29 is 4.74 Å². The zero-order valence-electron chi connectivity index (χ0n) is 20.3. The second kappa shape index (κ2) is 8.31. The predicted molar refractivity (Wildman–Crippen MR) is 132 cm³/mol. The fourth-order valence-electron chi connectivity index (χ4n) is 5.80. The number of nitrogens with one attached hydrogen (secondary N) is 1. The number of likely N-dealkylation sites (tertiary alicyclic amines) is 1. The first-order valence-electron chi connectivity index (χ1n) is 12.2. The maximum atomic E-state index is 5.46. The number of H-pyrrole nitrogens is 1. The van der Waals surface area contributed by atoms with Crippen molar-refractivity contribution in [2.75, 3.05) is 32.8 Å². The molecule has 0 unspecified atom stereocenters. The quantitative estimate of drug-likeness (QED) is 0.524. The number of fused-ring (bicyclic) bond motifs is 1. The van der Waals surface area contributed by atoms with Crippen molar-refractivity contribution in [2.24, 2.45) is 5.41 Å². The van der Waals surface area contributed by atoms with Gasteiger partial charge in [0, 0.05) is 39.8 Å². The summed E-state index contributed by atoms with van der Waals surface area (Å²) in [5.74, 6) is 1.11. The van der Waals surface area contributed by atoms with Crippen LogP contribution < -0.4 is 0 Å². The molecular weight excluding hydrogens is 394 g/mol. The summed E-state index contributed by atoms with van der Waals surface area (Å²) >= 11 is 0. The Morgan fingerprint density at radius 2 is 1.78 bits per heavy atom. The van der Waals surface area contributed by atoms with Crippen LogP contribution in [0.4, 0.5) is 0 Å². The van der Waals surface area contributed by atoms with Gasteiger partial charge in [-0.15, -0.1) is 0 Å². The van der Waals surface area contributed by atoms with Gasteiger partial charge in [0.2, 0.25) is 0 Å². The van der Waals surface area contributed by atoms with E-state index in [1.165, 1.54) is 65.8 Å². The Morgan fingerprint density at radius 1 is 1.09 bits per heavy atom. The van der Waals surface area contributed by atoms with E-state index in [0.717, 1.165) is 24.6 Å². The Hall–Kier alpha value is -2.17. The number of benzene rings is 1. The summed E-state index contributed by atoms with van der Waals surface area (Å²) in [6.07, 6.45) is 2.50. The van der Waals surface area contributed by atoms with E-state index in [0.29, 0.717) is 17.3 Å². The Bertz CT molecular complexity index is 1100. The Labute approximate surface area is 192 Å². The van der Waals surface area contributed by atoms with Gasteiger partial charge in [-0.2, -0.15) is 0 Å². The average molecular weight is 432 g/mol. The molecule has 0 radical (unpaired) electrons. The summed E-state index contributed by atoms with van der Waals surface area (Å²) in [5, 5.41) is 1.39. The van der Waals surface area contributed by atoms with Crippen LogP contribution in [-0.4, -0.2) is 47.7 Å². The predicted octanol–water partition coefficient (Wildman–Crippen LogP) is 6.19. The Kier molecular flexibility index (Phi) is 5.63. The molecule has 2 aromatic heterocycles. The highest BCUT2D eigenvalue weighted by Crippen LogP contribution is 2.39. The van der Waals surface area contributed by atoms with Crippen LogP contribution in [0.5, 0.6) is 0 Å². The van der Waals surface area contributed by atoms with Crippen molar-refractivity contribution in [3.63, 3.8) is 0 Å². The van der Waals surface area contributed by atoms with E-state index in [4.69, 9.17) is 4.74 Å². The molecule has 170 valence electrons. The van der Waals surface area contributed by atoms with Crippen LogP contribution in [0.15, 0.2) is 30.3 Å². The normalized spacial score (nSPS) is 19.6. The van der Waals surface area contributed by atoms with Crippen molar-refractivity contribution >= 4 is 10.9 Å². The number of aromatic amines is 1. The van der Waals surface area contributed by atoms with E-state index in [1.54, 1.807) is 0 Å². The number of piperidine rings is 1. The van der Waals surface area contributed by atoms with Gasteiger partial charge in [-0.25, -0.2) is 0 Å². The van der Waals surface area contributed by atoms with Crippen LogP contribution in [-0.2, 0) is 4.74 Å². The summed E-state index contributed by atoms with van der Waals surface area (Å²) in [4.78, 5) is 11.0. The highest BCUT2D eigenvalue weighted by Gasteiger charge is 2.36. The van der Waals surface area contributed by atoms with Crippen LogP contribution in [0, 0.1) is 19.3 Å². The number of rotatable bonds is 5. The molecule has 1 N–H and O–H groups in total. The molecule has 0 amide bonds. The first-order valence-corrected chi connectivity index (χ1v) is 12.2. The minimum absolute atomic E-state index is 0.378. The number of aryl methyl sites for hydroxylation is 2. The number of ether oxygens (including phenoxy) is 1. The molecular formula is C28H37N3O. The zero-order chi connectivity index (χ0) is 22.5. The second-order valence-electron chi connectivity index (χ2n) is 10.9. The lowest BCUT2D eigenvalue weighted by Crippen LogP contribution is -2.50. The van der Waals surface area contributed by atoms with Crippen LogP contribution in [0.25, 0.3) is 22.2 Å². The lowest BCUT2D eigenvalue weighted by molar-refractivity contribution is -0.116. The summed E-state index contributed by atoms with van der Waals surface area (Å²) in [7, 11) is 0. The van der Waals surface area contributed by atoms with Crippen LogP contribution >= 0.6 is 0 Å². The SMILES string of the molecule is Cc1cc(-c2[nH]c3ccc(C4CCN(CC5(C)COC5)CC4)cc3c2C(C)C)cc(C)n1. The molecule has 3 aromatic rings. The lowest BCUT2D eigenvalue weighted by atomic mass is 9.84. The zero-order valence-corrected chi connectivity index (χ0v) is 20.3. The molecule has 4 heterocycles. The van der Waals surface area contributed by atoms with Crippen molar-refractivity contribution in [1.29, 1.82) is 0 Å². The van der Waals surface area contributed by atoms with E-state index in [-0.39, 0.29) is 0 Å². The van der Waals surface area contributed by atoms with Crippen LogP contribution in [0.1, 0.15) is 68.0 Å². The molecule has 2 aliphatic rings. The van der Waals surface area contributed by atoms with Crippen LogP contribution in [0.3, 0.4) is 0 Å². The molecule has 1 aromatic carbocycles. The minimum Gasteiger partial charge on any atom is -0.380 e. The van der Waals surface area contributed by atoms with Crippen LogP contribution in [0.2, 0.25) is 0 Å². The number of aromatic nitrogens is 2. The van der Waals surface area contributed by atoms with Gasteiger partial charge in [0.1, 0.15) is 0 Å². The highest BCUT2D eigenvalue weighted by molar-refractivity contribution is 5.92. The third-order valence-electron chi connectivity index (χ3n) is 7.38. The lowest BCUT2D eigenvalue weighted by Gasteiger charge is -2.43. The number of nitrogens with zero attached hydrogens (tertiary/aromatic N) is 2. The summed E-state index contributed by atoms with van der Waals surface area (Å²) < 4.78 is 5.46. The molecule has 0 saturated carbocycles. The molecule has 4 heteroatoms. The van der Waals surface area contributed by atoms with Crippen molar-refractivity contribution in [2.45, 2.75) is 59.3 Å². The molecule has 32 heavy (non-hydrogen) atoms. The molecule has 4 nitrogen and oxygen atoms in total. The van der Waals surface area contributed by atoms with E-state index in [1.807, 2.05) is 0 Å². The van der Waals surface area contributed by atoms with E-state index in [2.05, 4.69) is 79.8 Å². The third kappa shape index (κ3) is 4.11. The Balaban J connectivity index is 1.42. The molecule has 0 atom stereocenters. The van der Waals surface area contributed by atoms with Gasteiger partial charge in [-0.1, -0.05) is 26.8 Å². The van der Waals surface area contributed by atoms with Crippen molar-refractivity contribution in [3.05, 3.63) is 52.8 Å². The van der Waals surface area contributed by atoms with E-state index < -0.39 is 0 Å². The maximum Gasteiger partial charge on any atom is 0.0554 e. The van der Waals surface area contributed by atoms with Crippen molar-refractivity contribution in [3.8, 4) is 11.3 Å². The smallest absolute Gasteiger partial charge is 0.0554 e. The maximum absolute atomic E-state index is 5.46. The summed E-state index contributed by atoms with van der Waals surface area (Å²) in [6, 6.07) is 11.5. The topological polar surface area (TPSA) is 41.2 Å². The van der Waals surface area contributed by atoms with Gasteiger partial charge >= 0.3 is 0 Å². The first kappa shape index (κ1) is 21.7. The number of hydrogen-bond acceptors (Lipinski definition) is 3. The number of hydrogen-bond donors (Lipinski definition) is 1. The molecule has 2 fully saturated rings. The third-order valence-corrected chi connectivity index (χ3v) is 7.38. The first-order chi connectivity index (χ1) is 15.3. The van der Waals surface area contributed by atoms with Gasteiger partial charge in [-0.3, -0.25) is 4.98 Å². The van der Waals surface area contributed by atoms with Gasteiger partial charge in [0.25, 0.3) is 0 Å². The largest absolute Gasteiger partial charge is 0.380 e. The molecule has 0 aliphatic carbocycles. The standard InChI is InChI=1S/C28H37N3O/c1-18(2)26-24-14-22(21-8-10-31(11-9-21)15-28(5)16-32-17-28)6-7-25(24)30-27(26)23-12-19(3)29-20(4)13-23/h6-7,12-14,18,21,30H,8-11,15-17H2,1-5H3. The van der Waals surface area contributed by atoms with Crippen molar-refractivity contribution in [1.82, 2.24) is 14.9 Å². The fourth-order valence-corrected chi connectivity index (χ4v) is 5.80. The van der Waals surface area contributed by atoms with Gasteiger partial charge in [-0.05, 0) is 87.0 Å². The number of pyridine rings is 1. The molecule has 2 saturated heterocycles. The average Bonchev–Trinajstić information content (AvgIpc) is 3.11. The summed E-state index contributed by atoms with van der Waals surface area (Å²) in [5.41, 5.74) is 9.21. The highest BCUT2D eigenvalue weighted by atomic mass is 16.5. The monoisotopic (exact) mass is 431 g/mol. The second-order valence-corrected chi connectivity index (χ2v) is 10.9. The van der Waals surface area contributed by atoms with Gasteiger partial charge in [0.05, 0.1) is 18.9 Å². The molecule has 0 spiro atoms. The molecule has 2 aliphatic heterocycles. The fraction of sp³-hybridized carbons (Fsp3) is 0.536. The van der Waals surface area contributed by atoms with E-state index in [9.17, 15) is 0 Å². The molecule has 0 bridgehead atoms. The Morgan fingerprint density at radius 3 is 2.38 bits per heavy atom. The summed E-state index contributed by atoms with van der Waals surface area (Å²) in [6.45, 7) is 16.6. The minimum atomic E-state index is 0.378. The molecule has 5 rings (SSSR count).